The number of hydrogen-bond donors (Lipinski definition) is 1. The third-order valence-corrected chi connectivity index (χ3v) is 2.70. The Morgan fingerprint density at radius 1 is 1.32 bits per heavy atom. The quantitative estimate of drug-likeness (QED) is 0.760. The van der Waals surface area contributed by atoms with Crippen molar-refractivity contribution in [2.75, 3.05) is 6.54 Å². The van der Waals surface area contributed by atoms with Crippen LogP contribution >= 0.6 is 0 Å². The maximum absolute atomic E-state index is 12.4. The fourth-order valence-electron chi connectivity index (χ4n) is 1.93. The molecule has 0 amide bonds. The van der Waals surface area contributed by atoms with Gasteiger partial charge in [-0.25, -0.2) is 0 Å². The molecule has 1 N–H and O–H groups in total. The summed E-state index contributed by atoms with van der Waals surface area (Å²) in [5.41, 5.74) is 0.752. The lowest BCUT2D eigenvalue weighted by Gasteiger charge is -2.20. The van der Waals surface area contributed by atoms with E-state index in [2.05, 4.69) is 21.9 Å². The van der Waals surface area contributed by atoms with Gasteiger partial charge in [0.1, 0.15) is 5.75 Å². The van der Waals surface area contributed by atoms with Crippen molar-refractivity contribution in [3.05, 3.63) is 29.8 Å². The normalized spacial score (nSPS) is 11.8. The van der Waals surface area contributed by atoms with Crippen LogP contribution in [0, 0.1) is 11.8 Å². The Bertz CT molecular complexity index is 437. The zero-order chi connectivity index (χ0) is 14.1. The van der Waals surface area contributed by atoms with Crippen LogP contribution in [0.4, 0.5) is 8.78 Å². The molecule has 0 fully saturated rings. The predicted molar refractivity (Wildman–Crippen MR) is 72.2 cm³/mol. The van der Waals surface area contributed by atoms with E-state index in [9.17, 15) is 8.78 Å². The van der Waals surface area contributed by atoms with Crippen molar-refractivity contribution in [2.45, 2.75) is 39.3 Å². The molecule has 0 spiro atoms. The molecule has 1 aromatic rings. The summed E-state index contributed by atoms with van der Waals surface area (Å²) in [6, 6.07) is 6.86. The molecule has 0 aliphatic rings. The van der Waals surface area contributed by atoms with Crippen LogP contribution in [0.25, 0.3) is 0 Å². The van der Waals surface area contributed by atoms with Gasteiger partial charge in [0, 0.05) is 18.0 Å². The molecule has 0 heterocycles. The Labute approximate surface area is 113 Å². The molecule has 1 aromatic carbocycles. The van der Waals surface area contributed by atoms with Gasteiger partial charge in [-0.05, 0) is 26.0 Å². The van der Waals surface area contributed by atoms with Crippen LogP contribution in [0.3, 0.4) is 0 Å². The summed E-state index contributed by atoms with van der Waals surface area (Å²) in [7, 11) is 0. The van der Waals surface area contributed by atoms with E-state index in [0.717, 1.165) is 24.9 Å². The summed E-state index contributed by atoms with van der Waals surface area (Å²) in [5, 5.41) is 3.28. The van der Waals surface area contributed by atoms with Crippen LogP contribution in [0.5, 0.6) is 5.75 Å². The predicted octanol–water partition coefficient (Wildman–Crippen LogP) is 3.74. The number of para-hydroxylation sites is 1. The fraction of sp³-hybridized carbons (Fsp3) is 0.467. The van der Waals surface area contributed by atoms with Crippen molar-refractivity contribution in [2.24, 2.45) is 0 Å². The molecule has 0 aliphatic carbocycles. The van der Waals surface area contributed by atoms with Gasteiger partial charge in [0.15, 0.2) is 0 Å². The topological polar surface area (TPSA) is 21.3 Å². The second kappa shape index (κ2) is 8.49. The van der Waals surface area contributed by atoms with Crippen LogP contribution in [0.1, 0.15) is 38.3 Å². The highest BCUT2D eigenvalue weighted by Gasteiger charge is 2.16. The maximum atomic E-state index is 12.4. The first-order valence-electron chi connectivity index (χ1n) is 6.35. The molecule has 0 saturated carbocycles. The smallest absolute Gasteiger partial charge is 0.387 e. The maximum Gasteiger partial charge on any atom is 0.387 e. The van der Waals surface area contributed by atoms with E-state index in [1.54, 1.807) is 19.1 Å². The summed E-state index contributed by atoms with van der Waals surface area (Å²) in [5.74, 6) is 6.05. The molecule has 0 aliphatic heterocycles. The third-order valence-electron chi connectivity index (χ3n) is 2.70. The van der Waals surface area contributed by atoms with Crippen LogP contribution < -0.4 is 10.1 Å². The zero-order valence-electron chi connectivity index (χ0n) is 11.2. The number of halogens is 2. The van der Waals surface area contributed by atoms with E-state index in [-0.39, 0.29) is 11.8 Å². The minimum absolute atomic E-state index is 0.0270. The summed E-state index contributed by atoms with van der Waals surface area (Å²) < 4.78 is 29.4. The average molecular weight is 267 g/mol. The second-order valence-electron chi connectivity index (χ2n) is 3.99. The van der Waals surface area contributed by atoms with Crippen LogP contribution in [0.2, 0.25) is 0 Å². The summed E-state index contributed by atoms with van der Waals surface area (Å²) >= 11 is 0. The molecule has 0 radical (unpaired) electrons. The highest BCUT2D eigenvalue weighted by molar-refractivity contribution is 5.36. The monoisotopic (exact) mass is 267 g/mol. The Balaban J connectivity index is 2.89. The molecule has 1 unspecified atom stereocenters. The van der Waals surface area contributed by atoms with Crippen molar-refractivity contribution in [3.63, 3.8) is 0 Å². The number of hydrogen-bond acceptors (Lipinski definition) is 2. The van der Waals surface area contributed by atoms with E-state index in [4.69, 9.17) is 0 Å². The van der Waals surface area contributed by atoms with Crippen LogP contribution in [0.15, 0.2) is 24.3 Å². The number of rotatable bonds is 7. The molecule has 1 atom stereocenters. The van der Waals surface area contributed by atoms with Gasteiger partial charge in [-0.2, -0.15) is 8.78 Å². The molecule has 0 bridgehead atoms. The van der Waals surface area contributed by atoms with Gasteiger partial charge >= 0.3 is 6.61 Å². The first-order chi connectivity index (χ1) is 9.19. The van der Waals surface area contributed by atoms with Gasteiger partial charge < -0.3 is 10.1 Å². The minimum atomic E-state index is -2.81. The van der Waals surface area contributed by atoms with Gasteiger partial charge in [-0.1, -0.05) is 25.1 Å². The number of ether oxygens (including phenoxy) is 1. The van der Waals surface area contributed by atoms with Gasteiger partial charge in [0.2, 0.25) is 0 Å². The summed E-state index contributed by atoms with van der Waals surface area (Å²) in [4.78, 5) is 0. The van der Waals surface area contributed by atoms with E-state index in [1.165, 1.54) is 0 Å². The van der Waals surface area contributed by atoms with Gasteiger partial charge in [0.05, 0.1) is 0 Å². The molecule has 0 aromatic heterocycles. The molecule has 1 rings (SSSR count). The first-order valence-corrected chi connectivity index (χ1v) is 6.35. The Hall–Kier alpha value is -1.60. The molecule has 19 heavy (non-hydrogen) atoms. The van der Waals surface area contributed by atoms with Crippen molar-refractivity contribution < 1.29 is 13.5 Å². The SMILES string of the molecule is CC#CCCC(NCC)c1ccccc1OC(F)F. The van der Waals surface area contributed by atoms with Crippen LogP contribution in [-0.2, 0) is 0 Å². The standard InChI is InChI=1S/C15H19F2NO/c1-3-5-6-10-13(18-4-2)12-9-7-8-11-14(12)19-15(16)17/h7-9,11,13,15,18H,4,6,10H2,1-2H3. The highest BCUT2D eigenvalue weighted by Crippen LogP contribution is 2.29. The Morgan fingerprint density at radius 2 is 2.05 bits per heavy atom. The third kappa shape index (κ3) is 5.27. The average Bonchev–Trinajstić information content (AvgIpc) is 2.38. The molecule has 0 saturated heterocycles. The van der Waals surface area contributed by atoms with E-state index in [1.807, 2.05) is 19.1 Å². The van der Waals surface area contributed by atoms with Gasteiger partial charge in [-0.3, -0.25) is 0 Å². The number of benzene rings is 1. The first kappa shape index (κ1) is 15.5. The van der Waals surface area contributed by atoms with Crippen molar-refractivity contribution in [3.8, 4) is 17.6 Å². The van der Waals surface area contributed by atoms with Crippen molar-refractivity contribution in [1.29, 1.82) is 0 Å². The summed E-state index contributed by atoms with van der Waals surface area (Å²) in [6.07, 6.45) is 1.48. The van der Waals surface area contributed by atoms with E-state index in [0.29, 0.717) is 0 Å². The molecule has 104 valence electrons. The lowest BCUT2D eigenvalue weighted by molar-refractivity contribution is -0.0507. The Kier molecular flexibility index (Phi) is 6.91. The molecule has 2 nitrogen and oxygen atoms in total. The van der Waals surface area contributed by atoms with Crippen molar-refractivity contribution >= 4 is 0 Å². The number of nitrogens with one attached hydrogen (secondary N) is 1. The van der Waals surface area contributed by atoms with E-state index >= 15 is 0 Å². The lowest BCUT2D eigenvalue weighted by atomic mass is 10.0. The minimum Gasteiger partial charge on any atom is -0.434 e. The van der Waals surface area contributed by atoms with Crippen molar-refractivity contribution in [1.82, 2.24) is 5.32 Å². The number of alkyl halides is 2. The zero-order valence-corrected chi connectivity index (χ0v) is 11.2. The molecule has 4 heteroatoms. The van der Waals surface area contributed by atoms with Gasteiger partial charge in [-0.15, -0.1) is 11.8 Å². The summed E-state index contributed by atoms with van der Waals surface area (Å²) in [6.45, 7) is 1.72. The molecular weight excluding hydrogens is 248 g/mol. The highest BCUT2D eigenvalue weighted by atomic mass is 19.3. The Morgan fingerprint density at radius 3 is 2.68 bits per heavy atom. The fourth-order valence-corrected chi connectivity index (χ4v) is 1.93. The van der Waals surface area contributed by atoms with Gasteiger partial charge in [0.25, 0.3) is 0 Å². The second-order valence-corrected chi connectivity index (χ2v) is 3.99. The molecular formula is C15H19F2NO. The van der Waals surface area contributed by atoms with Crippen LogP contribution in [-0.4, -0.2) is 13.2 Å². The van der Waals surface area contributed by atoms with E-state index < -0.39 is 6.61 Å². The lowest BCUT2D eigenvalue weighted by Crippen LogP contribution is -2.22. The largest absolute Gasteiger partial charge is 0.434 e.